The summed E-state index contributed by atoms with van der Waals surface area (Å²) in [6, 6.07) is 6.28. The van der Waals surface area contributed by atoms with Crippen molar-refractivity contribution in [2.24, 2.45) is 0 Å². The molecule has 2 aliphatic heterocycles. The van der Waals surface area contributed by atoms with Crippen molar-refractivity contribution in [2.75, 3.05) is 18.4 Å². The molecule has 0 bridgehead atoms. The minimum atomic E-state index is -0.363. The summed E-state index contributed by atoms with van der Waals surface area (Å²) in [7, 11) is 0. The van der Waals surface area contributed by atoms with Gasteiger partial charge in [-0.15, -0.1) is 0 Å². The fourth-order valence-corrected chi connectivity index (χ4v) is 3.76. The van der Waals surface area contributed by atoms with Crippen molar-refractivity contribution >= 4 is 21.6 Å². The second-order valence-corrected chi connectivity index (χ2v) is 6.39. The molecule has 0 amide bonds. The van der Waals surface area contributed by atoms with Gasteiger partial charge in [0.15, 0.2) is 5.82 Å². The van der Waals surface area contributed by atoms with Gasteiger partial charge < -0.3 is 10.2 Å². The molecule has 0 spiro atoms. The lowest BCUT2D eigenvalue weighted by Crippen LogP contribution is -2.42. The van der Waals surface area contributed by atoms with Crippen molar-refractivity contribution in [3.8, 4) is 6.07 Å². The zero-order valence-corrected chi connectivity index (χ0v) is 12.8. The Bertz CT molecular complexity index is 555. The largest absolute Gasteiger partial charge is 0.380 e. The lowest BCUT2D eigenvalue weighted by molar-refractivity contribution is 0.188. The van der Waals surface area contributed by atoms with Gasteiger partial charge in [0.25, 0.3) is 0 Å². The van der Waals surface area contributed by atoms with Crippen LogP contribution in [0.2, 0.25) is 0 Å². The van der Waals surface area contributed by atoms with Crippen LogP contribution in [0.5, 0.6) is 0 Å². The van der Waals surface area contributed by atoms with Crippen LogP contribution < -0.4 is 5.32 Å². The number of benzene rings is 1. The molecular formula is C15H17BrFN3. The van der Waals surface area contributed by atoms with Gasteiger partial charge in [-0.3, -0.25) is 0 Å². The molecule has 2 saturated heterocycles. The number of rotatable bonds is 2. The van der Waals surface area contributed by atoms with Crippen LogP contribution in [0.3, 0.4) is 0 Å². The summed E-state index contributed by atoms with van der Waals surface area (Å²) < 4.78 is 14.5. The van der Waals surface area contributed by atoms with Crippen LogP contribution in [0.15, 0.2) is 16.6 Å². The molecule has 0 saturated carbocycles. The maximum absolute atomic E-state index is 14.2. The van der Waals surface area contributed by atoms with Crippen LogP contribution in [0.25, 0.3) is 0 Å². The van der Waals surface area contributed by atoms with Crippen LogP contribution >= 0.6 is 15.9 Å². The predicted octanol–water partition coefficient (Wildman–Crippen LogP) is 3.50. The van der Waals surface area contributed by atoms with Gasteiger partial charge in [-0.1, -0.05) is 0 Å². The molecule has 3 nitrogen and oxygen atoms in total. The van der Waals surface area contributed by atoms with Gasteiger partial charge >= 0.3 is 0 Å². The third-order valence-corrected chi connectivity index (χ3v) is 5.16. The number of nitrogens with zero attached hydrogens (tertiary/aromatic N) is 2. The number of piperidine rings is 1. The Balaban J connectivity index is 1.72. The summed E-state index contributed by atoms with van der Waals surface area (Å²) in [5.74, 6) is -0.363. The quantitative estimate of drug-likeness (QED) is 0.897. The zero-order chi connectivity index (χ0) is 14.1. The minimum absolute atomic E-state index is 0.253. The summed E-state index contributed by atoms with van der Waals surface area (Å²) in [6.07, 6.45) is 4.68. The molecule has 0 aromatic heterocycles. The Labute approximate surface area is 126 Å². The number of nitriles is 1. The first-order valence-corrected chi connectivity index (χ1v) is 7.87. The molecule has 0 radical (unpaired) electrons. The molecule has 2 heterocycles. The lowest BCUT2D eigenvalue weighted by Gasteiger charge is -2.35. The van der Waals surface area contributed by atoms with Gasteiger partial charge in [-0.2, -0.15) is 5.26 Å². The second-order valence-electron chi connectivity index (χ2n) is 5.60. The van der Waals surface area contributed by atoms with Crippen LogP contribution in [0, 0.1) is 17.1 Å². The van der Waals surface area contributed by atoms with E-state index in [1.54, 1.807) is 12.1 Å². The third-order valence-electron chi connectivity index (χ3n) is 4.38. The van der Waals surface area contributed by atoms with Crippen molar-refractivity contribution in [3.05, 3.63) is 28.0 Å². The maximum Gasteiger partial charge on any atom is 0.161 e. The normalized spacial score (nSPS) is 26.1. The summed E-state index contributed by atoms with van der Waals surface area (Å²) in [5, 5.41) is 12.2. The summed E-state index contributed by atoms with van der Waals surface area (Å²) in [4.78, 5) is 2.54. The van der Waals surface area contributed by atoms with Crippen molar-refractivity contribution < 1.29 is 4.39 Å². The van der Waals surface area contributed by atoms with E-state index in [1.165, 1.54) is 19.4 Å². The standard InChI is InChI=1S/C15H17BrFN3/c16-14-10(9-18)3-4-13(15(14)17)19-11-5-7-20-6-1-2-12(20)8-11/h3-4,11-12,19H,1-2,5-8H2. The van der Waals surface area contributed by atoms with E-state index >= 15 is 0 Å². The van der Waals surface area contributed by atoms with Crippen LogP contribution in [-0.4, -0.2) is 30.1 Å². The number of fused-ring (bicyclic) bond motifs is 1. The lowest BCUT2D eigenvalue weighted by atomic mass is 9.97. The number of halogens is 2. The van der Waals surface area contributed by atoms with E-state index in [9.17, 15) is 4.39 Å². The first-order valence-electron chi connectivity index (χ1n) is 7.07. The highest BCUT2D eigenvalue weighted by Crippen LogP contribution is 2.31. The highest BCUT2D eigenvalue weighted by molar-refractivity contribution is 9.10. The van der Waals surface area contributed by atoms with Gasteiger partial charge in [-0.05, 0) is 60.3 Å². The molecular weight excluding hydrogens is 321 g/mol. The first-order chi connectivity index (χ1) is 9.69. The van der Waals surface area contributed by atoms with Crippen LogP contribution in [0.1, 0.15) is 31.2 Å². The van der Waals surface area contributed by atoms with E-state index in [0.717, 1.165) is 19.4 Å². The fraction of sp³-hybridized carbons (Fsp3) is 0.533. The molecule has 5 heteroatoms. The van der Waals surface area contributed by atoms with E-state index in [4.69, 9.17) is 5.26 Å². The Kier molecular flexibility index (Phi) is 3.95. The maximum atomic E-state index is 14.2. The van der Waals surface area contributed by atoms with Gasteiger partial charge in [-0.25, -0.2) is 4.39 Å². The van der Waals surface area contributed by atoms with Crippen molar-refractivity contribution in [1.82, 2.24) is 4.90 Å². The summed E-state index contributed by atoms with van der Waals surface area (Å²) in [5.41, 5.74) is 0.825. The van der Waals surface area contributed by atoms with E-state index in [1.807, 2.05) is 6.07 Å². The van der Waals surface area contributed by atoms with Crippen molar-refractivity contribution in [2.45, 2.75) is 37.8 Å². The second kappa shape index (κ2) is 5.71. The molecule has 2 atom stereocenters. The smallest absolute Gasteiger partial charge is 0.161 e. The van der Waals surface area contributed by atoms with Crippen molar-refractivity contribution in [1.29, 1.82) is 5.26 Å². The Hall–Kier alpha value is -1.12. The summed E-state index contributed by atoms with van der Waals surface area (Å²) >= 11 is 3.16. The summed E-state index contributed by atoms with van der Waals surface area (Å²) in [6.45, 7) is 2.32. The van der Waals surface area contributed by atoms with Gasteiger partial charge in [0, 0.05) is 18.6 Å². The third kappa shape index (κ3) is 2.55. The minimum Gasteiger partial charge on any atom is -0.380 e. The molecule has 1 aromatic rings. The van der Waals surface area contributed by atoms with Gasteiger partial charge in [0.1, 0.15) is 6.07 Å². The first kappa shape index (κ1) is 13.8. The van der Waals surface area contributed by atoms with Gasteiger partial charge in [0.05, 0.1) is 15.7 Å². The molecule has 106 valence electrons. The highest BCUT2D eigenvalue weighted by atomic mass is 79.9. The molecule has 2 aliphatic rings. The Morgan fingerprint density at radius 3 is 3.00 bits per heavy atom. The molecule has 0 aliphatic carbocycles. The van der Waals surface area contributed by atoms with E-state index < -0.39 is 0 Å². The van der Waals surface area contributed by atoms with E-state index in [-0.39, 0.29) is 10.3 Å². The van der Waals surface area contributed by atoms with Gasteiger partial charge in [0.2, 0.25) is 0 Å². The Morgan fingerprint density at radius 1 is 1.35 bits per heavy atom. The van der Waals surface area contributed by atoms with E-state index in [2.05, 4.69) is 26.1 Å². The predicted molar refractivity (Wildman–Crippen MR) is 80.1 cm³/mol. The molecule has 1 aromatic carbocycles. The molecule has 3 rings (SSSR count). The monoisotopic (exact) mass is 337 g/mol. The topological polar surface area (TPSA) is 39.1 Å². The highest BCUT2D eigenvalue weighted by Gasteiger charge is 2.31. The molecule has 2 fully saturated rings. The van der Waals surface area contributed by atoms with Crippen molar-refractivity contribution in [3.63, 3.8) is 0 Å². The number of hydrogen-bond acceptors (Lipinski definition) is 3. The SMILES string of the molecule is N#Cc1ccc(NC2CCN3CCCC3C2)c(F)c1Br. The average Bonchev–Trinajstić information content (AvgIpc) is 2.92. The molecule has 20 heavy (non-hydrogen) atoms. The van der Waals surface area contributed by atoms with Crippen LogP contribution in [0.4, 0.5) is 10.1 Å². The average molecular weight is 338 g/mol. The number of anilines is 1. The fourth-order valence-electron chi connectivity index (χ4n) is 3.32. The molecule has 1 N–H and O–H groups in total. The number of nitrogens with one attached hydrogen (secondary N) is 1. The van der Waals surface area contributed by atoms with Crippen LogP contribution in [-0.2, 0) is 0 Å². The van der Waals surface area contributed by atoms with E-state index in [0.29, 0.717) is 23.3 Å². The Morgan fingerprint density at radius 2 is 2.20 bits per heavy atom. The zero-order valence-electron chi connectivity index (χ0n) is 11.2. The molecule has 2 unspecified atom stereocenters. The number of hydrogen-bond donors (Lipinski definition) is 1.